The molecular formula is C19H23BrN4O3S. The minimum Gasteiger partial charge on any atom is -0.444 e. The molecule has 28 heavy (non-hydrogen) atoms. The highest BCUT2D eigenvalue weighted by Crippen LogP contribution is 2.30. The van der Waals surface area contributed by atoms with Crippen molar-refractivity contribution in [3.63, 3.8) is 0 Å². The molecule has 0 radical (unpaired) electrons. The van der Waals surface area contributed by atoms with Gasteiger partial charge in [-0.05, 0) is 55.6 Å². The Morgan fingerprint density at radius 1 is 1.36 bits per heavy atom. The highest BCUT2D eigenvalue weighted by Gasteiger charge is 2.38. The Bertz CT molecular complexity index is 880. The Labute approximate surface area is 176 Å². The number of hydrogen-bond donors (Lipinski definition) is 0. The number of thiazole rings is 1. The van der Waals surface area contributed by atoms with Crippen LogP contribution in [0.1, 0.15) is 33.6 Å². The predicted octanol–water partition coefficient (Wildman–Crippen LogP) is 4.33. The largest absolute Gasteiger partial charge is 0.444 e. The molecule has 9 heteroatoms. The third-order valence-corrected chi connectivity index (χ3v) is 5.63. The van der Waals surface area contributed by atoms with E-state index in [0.29, 0.717) is 18.1 Å². The van der Waals surface area contributed by atoms with E-state index >= 15 is 0 Å². The molecule has 1 saturated heterocycles. The Morgan fingerprint density at radius 2 is 2.11 bits per heavy atom. The van der Waals surface area contributed by atoms with Gasteiger partial charge in [0.2, 0.25) is 0 Å². The van der Waals surface area contributed by atoms with E-state index < -0.39 is 17.7 Å². The van der Waals surface area contributed by atoms with Crippen molar-refractivity contribution >= 4 is 44.4 Å². The summed E-state index contributed by atoms with van der Waals surface area (Å²) in [6, 6.07) is 1.40. The van der Waals surface area contributed by atoms with E-state index in [1.54, 1.807) is 19.4 Å². The zero-order valence-electron chi connectivity index (χ0n) is 16.3. The number of aromatic nitrogens is 2. The van der Waals surface area contributed by atoms with E-state index in [1.165, 1.54) is 21.1 Å². The summed E-state index contributed by atoms with van der Waals surface area (Å²) in [6.45, 7) is 5.97. The Hall–Kier alpha value is -2.00. The summed E-state index contributed by atoms with van der Waals surface area (Å²) in [5, 5.41) is 2.47. The number of amides is 2. The lowest BCUT2D eigenvalue weighted by atomic mass is 10.2. The summed E-state index contributed by atoms with van der Waals surface area (Å²) in [6.07, 6.45) is 4.38. The smallest absolute Gasteiger partial charge is 0.410 e. The molecule has 2 aromatic rings. The lowest BCUT2D eigenvalue weighted by Crippen LogP contribution is -2.48. The van der Waals surface area contributed by atoms with Crippen LogP contribution in [0.5, 0.6) is 0 Å². The molecule has 1 aliphatic rings. The van der Waals surface area contributed by atoms with Crippen molar-refractivity contribution in [2.75, 3.05) is 18.5 Å². The predicted molar refractivity (Wildman–Crippen MR) is 112 cm³/mol. The first-order chi connectivity index (χ1) is 13.2. The average molecular weight is 467 g/mol. The first-order valence-electron chi connectivity index (χ1n) is 8.99. The quantitative estimate of drug-likeness (QED) is 0.672. The van der Waals surface area contributed by atoms with Crippen molar-refractivity contribution in [1.82, 2.24) is 14.9 Å². The van der Waals surface area contributed by atoms with Crippen molar-refractivity contribution < 1.29 is 14.3 Å². The second-order valence-corrected chi connectivity index (χ2v) is 9.39. The fourth-order valence-corrected chi connectivity index (χ4v) is 4.15. The standard InChI is InChI=1S/C19H23BrN4O3S/c1-19(2,3)27-18(26)24-7-5-6-15(24)16(25)23(4)17-22-14(11-28-17)12-8-13(20)10-21-9-12/h8-11,15H,5-7H2,1-4H3/t15-/m0/s1. The van der Waals surface area contributed by atoms with Crippen molar-refractivity contribution in [3.8, 4) is 11.3 Å². The average Bonchev–Trinajstić information content (AvgIpc) is 3.28. The summed E-state index contributed by atoms with van der Waals surface area (Å²) < 4.78 is 6.32. The molecule has 0 aliphatic carbocycles. The van der Waals surface area contributed by atoms with Gasteiger partial charge >= 0.3 is 6.09 Å². The number of ether oxygens (including phenoxy) is 1. The molecule has 0 N–H and O–H groups in total. The lowest BCUT2D eigenvalue weighted by Gasteiger charge is -2.29. The van der Waals surface area contributed by atoms with Gasteiger partial charge in [-0.25, -0.2) is 9.78 Å². The van der Waals surface area contributed by atoms with Crippen LogP contribution in [0.4, 0.5) is 9.93 Å². The minimum atomic E-state index is -0.596. The van der Waals surface area contributed by atoms with E-state index in [-0.39, 0.29) is 5.91 Å². The molecule has 0 aromatic carbocycles. The summed E-state index contributed by atoms with van der Waals surface area (Å²) in [4.78, 5) is 37.3. The summed E-state index contributed by atoms with van der Waals surface area (Å²) in [5.74, 6) is -0.156. The monoisotopic (exact) mass is 466 g/mol. The normalized spacial score (nSPS) is 16.9. The number of rotatable bonds is 3. The van der Waals surface area contributed by atoms with Gasteiger partial charge in [-0.2, -0.15) is 0 Å². The number of likely N-dealkylation sites (tertiary alicyclic amines) is 1. The second kappa shape index (κ2) is 8.16. The van der Waals surface area contributed by atoms with Gasteiger partial charge in [0.25, 0.3) is 5.91 Å². The molecule has 7 nitrogen and oxygen atoms in total. The molecule has 3 rings (SSSR count). The molecule has 1 fully saturated rings. The Morgan fingerprint density at radius 3 is 2.79 bits per heavy atom. The number of hydrogen-bond acceptors (Lipinski definition) is 6. The third-order valence-electron chi connectivity index (χ3n) is 4.28. The third kappa shape index (κ3) is 4.70. The maximum absolute atomic E-state index is 13.0. The molecule has 1 atom stereocenters. The van der Waals surface area contributed by atoms with E-state index in [1.807, 2.05) is 32.2 Å². The van der Waals surface area contributed by atoms with Crippen LogP contribution in [0.25, 0.3) is 11.3 Å². The minimum absolute atomic E-state index is 0.156. The van der Waals surface area contributed by atoms with Gasteiger partial charge in [-0.1, -0.05) is 0 Å². The van der Waals surface area contributed by atoms with Crippen LogP contribution >= 0.6 is 27.3 Å². The first kappa shape index (κ1) is 20.7. The summed E-state index contributed by atoms with van der Waals surface area (Å²) >= 11 is 4.78. The van der Waals surface area contributed by atoms with Crippen LogP contribution in [-0.2, 0) is 9.53 Å². The fraction of sp³-hybridized carbons (Fsp3) is 0.474. The fourth-order valence-electron chi connectivity index (χ4n) is 2.98. The van der Waals surface area contributed by atoms with Crippen LogP contribution in [0.3, 0.4) is 0 Å². The number of nitrogens with zero attached hydrogens (tertiary/aromatic N) is 4. The Kier molecular flexibility index (Phi) is 6.04. The zero-order chi connectivity index (χ0) is 20.5. The van der Waals surface area contributed by atoms with E-state index in [4.69, 9.17) is 4.74 Å². The second-order valence-electron chi connectivity index (χ2n) is 7.64. The van der Waals surface area contributed by atoms with Gasteiger partial charge in [-0.3, -0.25) is 19.6 Å². The van der Waals surface area contributed by atoms with Crippen molar-refractivity contribution in [1.29, 1.82) is 0 Å². The SMILES string of the molecule is CN(C(=O)[C@@H]1CCCN1C(=O)OC(C)(C)C)c1nc(-c2cncc(Br)c2)cs1. The summed E-state index contributed by atoms with van der Waals surface area (Å²) in [7, 11) is 1.69. The number of carbonyl (C=O) groups is 2. The number of carbonyl (C=O) groups excluding carboxylic acids is 2. The van der Waals surface area contributed by atoms with Gasteiger partial charge in [0.1, 0.15) is 11.6 Å². The van der Waals surface area contributed by atoms with E-state index in [9.17, 15) is 9.59 Å². The molecule has 3 heterocycles. The molecule has 2 aromatic heterocycles. The van der Waals surface area contributed by atoms with Crippen LogP contribution in [-0.4, -0.2) is 52.1 Å². The molecular weight excluding hydrogens is 444 g/mol. The van der Waals surface area contributed by atoms with E-state index in [0.717, 1.165) is 22.2 Å². The highest BCUT2D eigenvalue weighted by atomic mass is 79.9. The molecule has 2 amide bonds. The lowest BCUT2D eigenvalue weighted by molar-refractivity contribution is -0.122. The van der Waals surface area contributed by atoms with E-state index in [2.05, 4.69) is 25.9 Å². The van der Waals surface area contributed by atoms with Crippen LogP contribution in [0.2, 0.25) is 0 Å². The van der Waals surface area contributed by atoms with Crippen molar-refractivity contribution in [3.05, 3.63) is 28.3 Å². The zero-order valence-corrected chi connectivity index (χ0v) is 18.7. The van der Waals surface area contributed by atoms with Crippen molar-refractivity contribution in [2.24, 2.45) is 0 Å². The van der Waals surface area contributed by atoms with Gasteiger partial charge in [0.05, 0.1) is 5.69 Å². The van der Waals surface area contributed by atoms with Gasteiger partial charge in [0, 0.05) is 41.4 Å². The Balaban J connectivity index is 1.74. The first-order valence-corrected chi connectivity index (χ1v) is 10.7. The number of halogens is 1. The van der Waals surface area contributed by atoms with Crippen LogP contribution < -0.4 is 4.90 Å². The number of pyridine rings is 1. The van der Waals surface area contributed by atoms with Gasteiger partial charge in [0.15, 0.2) is 5.13 Å². The topological polar surface area (TPSA) is 75.6 Å². The number of anilines is 1. The maximum Gasteiger partial charge on any atom is 0.410 e. The molecule has 0 spiro atoms. The highest BCUT2D eigenvalue weighted by molar-refractivity contribution is 9.10. The molecule has 0 bridgehead atoms. The van der Waals surface area contributed by atoms with Crippen LogP contribution in [0, 0.1) is 0 Å². The van der Waals surface area contributed by atoms with Gasteiger partial charge in [-0.15, -0.1) is 11.3 Å². The maximum atomic E-state index is 13.0. The van der Waals surface area contributed by atoms with Crippen molar-refractivity contribution in [2.45, 2.75) is 45.3 Å². The van der Waals surface area contributed by atoms with Crippen LogP contribution in [0.15, 0.2) is 28.3 Å². The molecule has 1 aliphatic heterocycles. The molecule has 0 unspecified atom stereocenters. The summed E-state index contributed by atoms with van der Waals surface area (Å²) in [5.41, 5.74) is 1.03. The number of likely N-dealkylation sites (N-methyl/N-ethyl adjacent to an activating group) is 1. The molecule has 150 valence electrons. The molecule has 0 saturated carbocycles. The van der Waals surface area contributed by atoms with Gasteiger partial charge < -0.3 is 4.74 Å².